The maximum Gasteiger partial charge on any atom is 0.239 e. The van der Waals surface area contributed by atoms with Crippen molar-refractivity contribution in [2.75, 3.05) is 19.6 Å². The first-order valence-corrected chi connectivity index (χ1v) is 9.18. The maximum atomic E-state index is 12.9. The molecule has 26 heavy (non-hydrogen) atoms. The third kappa shape index (κ3) is 5.42. The van der Waals surface area contributed by atoms with E-state index >= 15 is 0 Å². The molecule has 2 amide bonds. The highest BCUT2D eigenvalue weighted by atomic mass is 35.5. The van der Waals surface area contributed by atoms with E-state index in [1.165, 1.54) is 12.1 Å². The predicted molar refractivity (Wildman–Crippen MR) is 100 cm³/mol. The number of likely N-dealkylation sites (tertiary alicyclic amines) is 1. The molecule has 144 valence electrons. The van der Waals surface area contributed by atoms with Gasteiger partial charge in [0.15, 0.2) is 0 Å². The van der Waals surface area contributed by atoms with Gasteiger partial charge in [-0.05, 0) is 49.9 Å². The van der Waals surface area contributed by atoms with Crippen molar-refractivity contribution >= 4 is 24.2 Å². The number of amides is 2. The van der Waals surface area contributed by atoms with Crippen LogP contribution in [0.4, 0.5) is 4.39 Å². The highest BCUT2D eigenvalue weighted by Crippen LogP contribution is 2.20. The molecule has 2 saturated heterocycles. The highest BCUT2D eigenvalue weighted by Gasteiger charge is 2.31. The largest absolute Gasteiger partial charge is 0.352 e. The van der Waals surface area contributed by atoms with Crippen LogP contribution in [0.3, 0.4) is 0 Å². The van der Waals surface area contributed by atoms with Crippen LogP contribution in [-0.4, -0.2) is 42.4 Å². The summed E-state index contributed by atoms with van der Waals surface area (Å²) in [6, 6.07) is 6.09. The fourth-order valence-electron chi connectivity index (χ4n) is 3.58. The van der Waals surface area contributed by atoms with Crippen LogP contribution in [0.1, 0.15) is 37.7 Å². The summed E-state index contributed by atoms with van der Waals surface area (Å²) < 4.78 is 12.9. The minimum atomic E-state index is -0.278. The van der Waals surface area contributed by atoms with Gasteiger partial charge in [-0.1, -0.05) is 18.6 Å². The molecule has 1 aromatic rings. The van der Waals surface area contributed by atoms with Crippen molar-refractivity contribution in [3.8, 4) is 0 Å². The molecule has 0 saturated carbocycles. The highest BCUT2D eigenvalue weighted by molar-refractivity contribution is 5.85. The van der Waals surface area contributed by atoms with E-state index in [4.69, 9.17) is 0 Å². The van der Waals surface area contributed by atoms with Gasteiger partial charge in [0, 0.05) is 25.6 Å². The van der Waals surface area contributed by atoms with Crippen LogP contribution in [0, 0.1) is 11.7 Å². The molecule has 2 fully saturated rings. The van der Waals surface area contributed by atoms with Crippen molar-refractivity contribution in [3.63, 3.8) is 0 Å². The Morgan fingerprint density at radius 2 is 1.81 bits per heavy atom. The summed E-state index contributed by atoms with van der Waals surface area (Å²) >= 11 is 0. The Bertz CT molecular complexity index is 597. The molecule has 7 heteroatoms. The van der Waals surface area contributed by atoms with Crippen LogP contribution in [0.15, 0.2) is 24.3 Å². The summed E-state index contributed by atoms with van der Waals surface area (Å²) in [4.78, 5) is 26.7. The first-order valence-electron chi connectivity index (χ1n) is 9.18. The second kappa shape index (κ2) is 9.88. The number of nitrogens with zero attached hydrogens (tertiary/aromatic N) is 1. The summed E-state index contributed by atoms with van der Waals surface area (Å²) in [5.74, 6) is -0.125. The van der Waals surface area contributed by atoms with Gasteiger partial charge in [0.05, 0.1) is 6.04 Å². The summed E-state index contributed by atoms with van der Waals surface area (Å²) in [7, 11) is 0. The third-order valence-corrected chi connectivity index (χ3v) is 5.17. The summed E-state index contributed by atoms with van der Waals surface area (Å²) in [6.45, 7) is 2.61. The van der Waals surface area contributed by atoms with Crippen molar-refractivity contribution in [2.45, 2.75) is 44.7 Å². The predicted octanol–water partition coefficient (Wildman–Crippen LogP) is 2.24. The van der Waals surface area contributed by atoms with Gasteiger partial charge in [0.25, 0.3) is 0 Å². The lowest BCUT2D eigenvalue weighted by atomic mass is 9.94. The van der Waals surface area contributed by atoms with Crippen LogP contribution < -0.4 is 10.6 Å². The molecule has 3 rings (SSSR count). The van der Waals surface area contributed by atoms with E-state index in [1.807, 2.05) is 4.90 Å². The molecule has 0 spiro atoms. The van der Waals surface area contributed by atoms with Crippen LogP contribution in [0.25, 0.3) is 0 Å². The smallest absolute Gasteiger partial charge is 0.239 e. The van der Waals surface area contributed by atoms with Crippen LogP contribution in [-0.2, 0) is 16.1 Å². The zero-order valence-electron chi connectivity index (χ0n) is 14.9. The number of hydrogen-bond donors (Lipinski definition) is 2. The van der Waals surface area contributed by atoms with E-state index < -0.39 is 0 Å². The number of carbonyl (C=O) groups excluding carboxylic acids is 2. The Kier molecular flexibility index (Phi) is 7.85. The first-order chi connectivity index (χ1) is 12.1. The van der Waals surface area contributed by atoms with E-state index in [-0.39, 0.29) is 42.0 Å². The Hall–Kier alpha value is -1.66. The van der Waals surface area contributed by atoms with Crippen LogP contribution in [0.2, 0.25) is 0 Å². The summed E-state index contributed by atoms with van der Waals surface area (Å²) in [5.41, 5.74) is 0.880. The van der Waals surface area contributed by atoms with E-state index in [0.29, 0.717) is 32.5 Å². The van der Waals surface area contributed by atoms with Gasteiger partial charge >= 0.3 is 0 Å². The molecule has 2 heterocycles. The van der Waals surface area contributed by atoms with Gasteiger partial charge < -0.3 is 15.5 Å². The third-order valence-electron chi connectivity index (χ3n) is 5.17. The zero-order valence-corrected chi connectivity index (χ0v) is 15.7. The molecular formula is C19H27ClFN3O2. The number of rotatable bonds is 4. The Morgan fingerprint density at radius 1 is 1.12 bits per heavy atom. The fraction of sp³-hybridized carbons (Fsp3) is 0.579. The number of carbonyl (C=O) groups is 2. The molecule has 5 nitrogen and oxygen atoms in total. The van der Waals surface area contributed by atoms with Gasteiger partial charge in [-0.2, -0.15) is 0 Å². The number of piperidine rings is 2. The summed E-state index contributed by atoms with van der Waals surface area (Å²) in [5, 5.41) is 6.21. The van der Waals surface area contributed by atoms with Crippen molar-refractivity contribution in [3.05, 3.63) is 35.6 Å². The lowest BCUT2D eigenvalue weighted by Gasteiger charge is -2.35. The Labute approximate surface area is 160 Å². The monoisotopic (exact) mass is 383 g/mol. The van der Waals surface area contributed by atoms with Crippen LogP contribution >= 0.6 is 12.4 Å². The quantitative estimate of drug-likeness (QED) is 0.838. The van der Waals surface area contributed by atoms with Crippen molar-refractivity contribution in [2.24, 2.45) is 5.92 Å². The lowest BCUT2D eigenvalue weighted by Crippen LogP contribution is -2.51. The van der Waals surface area contributed by atoms with E-state index in [1.54, 1.807) is 12.1 Å². The fourth-order valence-corrected chi connectivity index (χ4v) is 3.58. The van der Waals surface area contributed by atoms with Crippen molar-refractivity contribution in [1.82, 2.24) is 15.5 Å². The normalized spacial score (nSPS) is 21.0. The Morgan fingerprint density at radius 3 is 2.42 bits per heavy atom. The molecule has 1 atom stereocenters. The van der Waals surface area contributed by atoms with Gasteiger partial charge in [0.1, 0.15) is 5.82 Å². The molecule has 0 radical (unpaired) electrons. The molecule has 0 aromatic heterocycles. The number of nitrogens with one attached hydrogen (secondary N) is 2. The lowest BCUT2D eigenvalue weighted by molar-refractivity contribution is -0.137. The van der Waals surface area contributed by atoms with E-state index in [0.717, 1.165) is 31.4 Å². The minimum Gasteiger partial charge on any atom is -0.352 e. The molecule has 1 unspecified atom stereocenters. The van der Waals surface area contributed by atoms with E-state index in [9.17, 15) is 14.0 Å². The van der Waals surface area contributed by atoms with Crippen LogP contribution in [0.5, 0.6) is 0 Å². The zero-order chi connectivity index (χ0) is 17.6. The molecule has 1 aromatic carbocycles. The second-order valence-corrected chi connectivity index (χ2v) is 6.95. The van der Waals surface area contributed by atoms with Gasteiger partial charge in [-0.25, -0.2) is 4.39 Å². The Balaban J connectivity index is 0.00000243. The number of hydrogen-bond acceptors (Lipinski definition) is 3. The topological polar surface area (TPSA) is 61.4 Å². The van der Waals surface area contributed by atoms with Gasteiger partial charge in [-0.15, -0.1) is 12.4 Å². The molecule has 2 aliphatic rings. The minimum absolute atomic E-state index is 0. The standard InChI is InChI=1S/C19H26FN3O2.ClH/c20-16-6-4-14(5-7-16)13-22-18(24)15-8-11-23(12-9-15)19(25)17-3-1-2-10-21-17;/h4-7,15,17,21H,1-3,8-13H2,(H,22,24);1H. The number of benzene rings is 1. The molecule has 2 N–H and O–H groups in total. The van der Waals surface area contributed by atoms with E-state index in [2.05, 4.69) is 10.6 Å². The second-order valence-electron chi connectivity index (χ2n) is 6.95. The SMILES string of the molecule is Cl.O=C(NCc1ccc(F)cc1)C1CCN(C(=O)C2CCCCN2)CC1. The average molecular weight is 384 g/mol. The van der Waals surface area contributed by atoms with Gasteiger partial charge in [0.2, 0.25) is 11.8 Å². The maximum absolute atomic E-state index is 12.9. The van der Waals surface area contributed by atoms with Crippen molar-refractivity contribution in [1.29, 1.82) is 0 Å². The van der Waals surface area contributed by atoms with Crippen molar-refractivity contribution < 1.29 is 14.0 Å². The van der Waals surface area contributed by atoms with Gasteiger partial charge in [-0.3, -0.25) is 9.59 Å². The molecule has 2 aliphatic heterocycles. The average Bonchev–Trinajstić information content (AvgIpc) is 2.67. The number of halogens is 2. The molecular weight excluding hydrogens is 357 g/mol. The summed E-state index contributed by atoms with van der Waals surface area (Å²) in [6.07, 6.45) is 4.56. The first kappa shape index (κ1) is 20.6. The molecule has 0 aliphatic carbocycles. The molecule has 0 bridgehead atoms.